The average Bonchev–Trinajstić information content (AvgIpc) is 3.04. The van der Waals surface area contributed by atoms with E-state index in [1.54, 1.807) is 35.4 Å². The van der Waals surface area contributed by atoms with Crippen LogP contribution in [0.25, 0.3) is 0 Å². The van der Waals surface area contributed by atoms with Crippen molar-refractivity contribution in [3.63, 3.8) is 0 Å². The number of hydrogen-bond acceptors (Lipinski definition) is 6. The van der Waals surface area contributed by atoms with Crippen LogP contribution in [0, 0.1) is 21.2 Å². The Morgan fingerprint density at radius 2 is 0.909 bits per heavy atom. The Hall–Kier alpha value is -2.97. The Balaban J connectivity index is 0.000000427. The van der Waals surface area contributed by atoms with Crippen LogP contribution in [0.4, 0.5) is 50.4 Å². The first-order valence-electron chi connectivity index (χ1n) is 15.0. The molecule has 0 unspecified atom stereocenters. The molecule has 0 fully saturated rings. The van der Waals surface area contributed by atoms with E-state index >= 15 is 0 Å². The van der Waals surface area contributed by atoms with Crippen LogP contribution >= 0.6 is 15.6 Å². The summed E-state index contributed by atoms with van der Waals surface area (Å²) in [6.07, 6.45) is 0.293. The molecule has 0 aliphatic rings. The summed E-state index contributed by atoms with van der Waals surface area (Å²) < 4.78 is 150. The molecule has 0 saturated heterocycles. The van der Waals surface area contributed by atoms with E-state index in [-0.39, 0.29) is 27.2 Å². The summed E-state index contributed by atoms with van der Waals surface area (Å²) >= 11 is -0.566. The fraction of sp³-hybridized carbons (Fsp3) is 0.242. The predicted molar refractivity (Wildman–Crippen MR) is 179 cm³/mol. The van der Waals surface area contributed by atoms with Crippen molar-refractivity contribution in [3.05, 3.63) is 110 Å². The third-order valence-electron chi connectivity index (χ3n) is 5.70. The number of halogens is 14. The van der Waals surface area contributed by atoms with Gasteiger partial charge in [-0.3, -0.25) is 4.79 Å². The van der Waals surface area contributed by atoms with E-state index in [0.717, 1.165) is 26.4 Å². The first-order chi connectivity index (χ1) is 24.8. The molecule has 6 nitrogen and oxygen atoms in total. The molecule has 0 atom stereocenters. The summed E-state index contributed by atoms with van der Waals surface area (Å²) in [4.78, 5) is 11.6. The van der Waals surface area contributed by atoms with Gasteiger partial charge in [0.1, 0.15) is 11.5 Å². The van der Waals surface area contributed by atoms with E-state index in [1.807, 2.05) is 48.5 Å². The van der Waals surface area contributed by atoms with Crippen LogP contribution in [0.15, 0.2) is 84.9 Å². The molecule has 4 aromatic carbocycles. The molecule has 0 aromatic heterocycles. The average molecular weight is 1070 g/mol. The van der Waals surface area contributed by atoms with Gasteiger partial charge in [-0.2, -0.15) is 0 Å². The van der Waals surface area contributed by atoms with Gasteiger partial charge in [-0.1, -0.05) is 29.8 Å². The van der Waals surface area contributed by atoms with Crippen molar-refractivity contribution in [2.24, 2.45) is 0 Å². The van der Waals surface area contributed by atoms with Crippen LogP contribution in [-0.2, 0) is 16.0 Å². The fourth-order valence-corrected chi connectivity index (χ4v) is 8.35. The van der Waals surface area contributed by atoms with Crippen LogP contribution in [0.3, 0.4) is 0 Å². The van der Waals surface area contributed by atoms with E-state index in [9.17, 15) is 55.2 Å². The number of carbonyl (C=O) groups excluding carboxylic acids is 1. The van der Waals surface area contributed by atoms with Gasteiger partial charge in [0.2, 0.25) is 0 Å². The van der Waals surface area contributed by atoms with Crippen molar-refractivity contribution in [2.75, 3.05) is 35.0 Å². The predicted octanol–water partition coefficient (Wildman–Crippen LogP) is 6.84. The number of hydrogen-bond donors (Lipinski definition) is 0. The fourth-order valence-electron chi connectivity index (χ4n) is 3.57. The summed E-state index contributed by atoms with van der Waals surface area (Å²) in [6, 6.07) is 29.0. The van der Waals surface area contributed by atoms with Gasteiger partial charge in [-0.25, -0.2) is 0 Å². The van der Waals surface area contributed by atoms with Crippen molar-refractivity contribution >= 4 is 21.6 Å². The molecule has 4 aromatic rings. The quantitative estimate of drug-likeness (QED) is 0.0711. The van der Waals surface area contributed by atoms with Crippen LogP contribution in [-0.4, -0.2) is 41.0 Å². The number of aryl methyl sites for hydroxylation is 1. The van der Waals surface area contributed by atoms with Gasteiger partial charge >= 0.3 is 114 Å². The summed E-state index contributed by atoms with van der Waals surface area (Å²) in [7, 11) is -14.7. The zero-order valence-electron chi connectivity index (χ0n) is 29.6. The van der Waals surface area contributed by atoms with Crippen LogP contribution in [0.2, 0.25) is 0 Å². The SMILES string of the molecule is CCOC(=O)Cc1ccc([I+]c2c(OC)cc(OC)cc2OC)cc1.COc1ccc([I+]c2ccc(C)cc2)cc1.F[P-](F)(F)(F)(F)F.F[P-](F)(F)(F)(F)F. The molecule has 4 rings (SSSR count). The van der Waals surface area contributed by atoms with Crippen molar-refractivity contribution in [1.29, 1.82) is 0 Å². The number of rotatable bonds is 11. The summed E-state index contributed by atoms with van der Waals surface area (Å²) in [6.45, 7) is 4.33. The molecule has 0 heterocycles. The molecule has 0 saturated carbocycles. The van der Waals surface area contributed by atoms with Gasteiger partial charge < -0.3 is 23.7 Å². The number of ether oxygens (including phenoxy) is 5. The molecule has 0 spiro atoms. The molecule has 312 valence electrons. The van der Waals surface area contributed by atoms with Gasteiger partial charge in [-0.05, 0) is 67.9 Å². The third kappa shape index (κ3) is 28.1. The first-order valence-corrected chi connectivity index (χ1v) is 23.3. The maximum absolute atomic E-state index is 11.6. The molecule has 0 amide bonds. The molecule has 22 heteroatoms. The Bertz CT molecular complexity index is 1750. The number of methoxy groups -OCH3 is 4. The Kier molecular flexibility index (Phi) is 16.9. The van der Waals surface area contributed by atoms with Crippen molar-refractivity contribution in [2.45, 2.75) is 20.3 Å². The first kappa shape index (κ1) is 50.0. The minimum absolute atomic E-state index is 0.0577. The summed E-state index contributed by atoms with van der Waals surface area (Å²) in [5.74, 6) is 2.95. The molecule has 0 N–H and O–H groups in total. The van der Waals surface area contributed by atoms with E-state index in [0.29, 0.717) is 18.8 Å². The zero-order chi connectivity index (χ0) is 42.4. The number of carbonyl (C=O) groups is 1. The zero-order valence-corrected chi connectivity index (χ0v) is 35.7. The Labute approximate surface area is 329 Å². The second-order valence-electron chi connectivity index (χ2n) is 10.5. The van der Waals surface area contributed by atoms with E-state index < -0.39 is 36.8 Å². The van der Waals surface area contributed by atoms with Gasteiger partial charge in [-0.15, -0.1) is 0 Å². The molecule has 0 radical (unpaired) electrons. The minimum atomic E-state index is -10.7. The Morgan fingerprint density at radius 3 is 1.27 bits per heavy atom. The standard InChI is InChI=1S/C19H22IO5.C14H14IO.2F6P/c1-5-25-18(21)10-13-6-8-14(9-7-13)20-19-16(23-3)11-15(22-2)12-17(19)24-4;1-11-3-5-12(6-4-11)15-13-7-9-14(16-2)10-8-13;2*1-7(2,3,4,5)6/h6-9,11-12H,5,10H2,1-4H3;3-10H,1-2H3;;/q2*+1;2*-1. The van der Waals surface area contributed by atoms with Crippen molar-refractivity contribution < 1.29 is 121 Å². The van der Waals surface area contributed by atoms with E-state index in [4.69, 9.17) is 23.7 Å². The maximum atomic E-state index is 11.6. The van der Waals surface area contributed by atoms with Gasteiger partial charge in [0.25, 0.3) is 3.57 Å². The van der Waals surface area contributed by atoms with Crippen LogP contribution in [0.5, 0.6) is 23.0 Å². The number of esters is 1. The molecule has 55 heavy (non-hydrogen) atoms. The van der Waals surface area contributed by atoms with E-state index in [2.05, 4.69) is 43.3 Å². The second-order valence-corrected chi connectivity index (χ2v) is 20.2. The molecule has 0 aliphatic heterocycles. The van der Waals surface area contributed by atoms with Gasteiger partial charge in [0.15, 0.2) is 22.2 Å². The number of benzene rings is 4. The summed E-state index contributed by atoms with van der Waals surface area (Å²) in [5, 5.41) is 0. The third-order valence-corrected chi connectivity index (χ3v) is 11.3. The topological polar surface area (TPSA) is 63.2 Å². The van der Waals surface area contributed by atoms with Crippen LogP contribution < -0.4 is 61.4 Å². The molecule has 0 aliphatic carbocycles. The van der Waals surface area contributed by atoms with E-state index in [1.165, 1.54) is 16.3 Å². The van der Waals surface area contributed by atoms with Crippen molar-refractivity contribution in [1.82, 2.24) is 0 Å². The molecule has 0 bridgehead atoms. The van der Waals surface area contributed by atoms with Crippen LogP contribution in [0.1, 0.15) is 18.1 Å². The van der Waals surface area contributed by atoms with Crippen molar-refractivity contribution in [3.8, 4) is 23.0 Å². The second kappa shape index (κ2) is 18.5. The summed E-state index contributed by atoms with van der Waals surface area (Å²) in [5.41, 5.74) is 2.27. The van der Waals surface area contributed by atoms with Gasteiger partial charge in [0.05, 0.1) is 41.5 Å². The molecular weight excluding hydrogens is 1040 g/mol. The van der Waals surface area contributed by atoms with Gasteiger partial charge in [0, 0.05) is 12.1 Å². The monoisotopic (exact) mass is 1070 g/mol. The molecular formula is C33H36F12I2O6P2. The normalized spacial score (nSPS) is 13.5. The Morgan fingerprint density at radius 1 is 0.545 bits per heavy atom.